The highest BCUT2D eigenvalue weighted by Gasteiger charge is 2.06. The third-order valence-electron chi connectivity index (χ3n) is 3.52. The van der Waals surface area contributed by atoms with Crippen LogP contribution in [0.3, 0.4) is 0 Å². The lowest BCUT2D eigenvalue weighted by Crippen LogP contribution is -2.04. The molecule has 1 aromatic carbocycles. The van der Waals surface area contributed by atoms with Gasteiger partial charge in [-0.1, -0.05) is 0 Å². The first-order valence-electron chi connectivity index (χ1n) is 7.09. The molecule has 0 aliphatic carbocycles. The third kappa shape index (κ3) is 3.23. The number of ether oxygens (including phenoxy) is 1. The minimum absolute atomic E-state index is 0.327. The SMILES string of the molecule is Cc1cc(=O)oc2cc(OC(=O)/C=C/c3cccn3C)ccc12. The molecule has 3 rings (SSSR count). The predicted octanol–water partition coefficient (Wildman–Crippen LogP) is 3.06. The van der Waals surface area contributed by atoms with Gasteiger partial charge >= 0.3 is 11.6 Å². The van der Waals surface area contributed by atoms with Crippen molar-refractivity contribution in [1.82, 2.24) is 4.57 Å². The fourth-order valence-corrected chi connectivity index (χ4v) is 2.32. The highest BCUT2D eigenvalue weighted by atomic mass is 16.5. The van der Waals surface area contributed by atoms with Crippen molar-refractivity contribution in [2.45, 2.75) is 6.92 Å². The quantitative estimate of drug-likeness (QED) is 0.323. The zero-order valence-electron chi connectivity index (χ0n) is 12.8. The molecule has 0 aliphatic heterocycles. The van der Waals surface area contributed by atoms with Crippen LogP contribution in [0.5, 0.6) is 5.75 Å². The number of carbonyl (C=O) groups is 1. The number of carbonyl (C=O) groups excluding carboxylic acids is 1. The monoisotopic (exact) mass is 309 g/mol. The second-order valence-electron chi connectivity index (χ2n) is 5.20. The molecule has 0 fully saturated rings. The van der Waals surface area contributed by atoms with Crippen LogP contribution in [0.4, 0.5) is 0 Å². The average Bonchev–Trinajstić information content (AvgIpc) is 2.90. The first-order chi connectivity index (χ1) is 11.0. The van der Waals surface area contributed by atoms with Gasteiger partial charge in [0.25, 0.3) is 0 Å². The van der Waals surface area contributed by atoms with E-state index in [1.54, 1.807) is 18.2 Å². The van der Waals surface area contributed by atoms with E-state index in [1.165, 1.54) is 18.2 Å². The van der Waals surface area contributed by atoms with Crippen LogP contribution in [-0.2, 0) is 11.8 Å². The Morgan fingerprint density at radius 1 is 1.26 bits per heavy atom. The molecule has 0 bridgehead atoms. The molecule has 5 heteroatoms. The molecule has 0 spiro atoms. The smallest absolute Gasteiger partial charge is 0.336 e. The van der Waals surface area contributed by atoms with E-state index in [0.717, 1.165) is 16.6 Å². The number of nitrogens with zero attached hydrogens (tertiary/aromatic N) is 1. The third-order valence-corrected chi connectivity index (χ3v) is 3.52. The molecule has 0 atom stereocenters. The summed E-state index contributed by atoms with van der Waals surface area (Å²) in [4.78, 5) is 23.3. The highest BCUT2D eigenvalue weighted by molar-refractivity contribution is 5.89. The molecule has 0 N–H and O–H groups in total. The molecule has 0 radical (unpaired) electrons. The van der Waals surface area contributed by atoms with Crippen molar-refractivity contribution in [2.24, 2.45) is 7.05 Å². The minimum Gasteiger partial charge on any atom is -0.423 e. The minimum atomic E-state index is -0.499. The van der Waals surface area contributed by atoms with Crippen LogP contribution in [-0.4, -0.2) is 10.5 Å². The van der Waals surface area contributed by atoms with Gasteiger partial charge in [0.05, 0.1) is 0 Å². The van der Waals surface area contributed by atoms with E-state index < -0.39 is 11.6 Å². The van der Waals surface area contributed by atoms with Gasteiger partial charge in [-0.25, -0.2) is 9.59 Å². The van der Waals surface area contributed by atoms with E-state index in [-0.39, 0.29) is 0 Å². The molecular formula is C18H15NO4. The number of aryl methyl sites for hydroxylation is 2. The van der Waals surface area contributed by atoms with Crippen molar-refractivity contribution >= 4 is 23.0 Å². The van der Waals surface area contributed by atoms with Gasteiger partial charge in [0.1, 0.15) is 11.3 Å². The Kier molecular flexibility index (Phi) is 3.85. The number of fused-ring (bicyclic) bond motifs is 1. The van der Waals surface area contributed by atoms with Gasteiger partial charge in [-0.15, -0.1) is 0 Å². The van der Waals surface area contributed by atoms with Crippen LogP contribution in [0.25, 0.3) is 17.0 Å². The lowest BCUT2D eigenvalue weighted by Gasteiger charge is -2.04. The zero-order valence-corrected chi connectivity index (χ0v) is 12.8. The molecule has 0 amide bonds. The van der Waals surface area contributed by atoms with Crippen molar-refractivity contribution in [3.05, 3.63) is 70.3 Å². The number of aromatic nitrogens is 1. The Hall–Kier alpha value is -3.08. The summed E-state index contributed by atoms with van der Waals surface area (Å²) in [5.41, 5.74) is 1.67. The molecule has 0 saturated heterocycles. The van der Waals surface area contributed by atoms with Gasteiger partial charge in [0.2, 0.25) is 0 Å². The summed E-state index contributed by atoms with van der Waals surface area (Å²) >= 11 is 0. The van der Waals surface area contributed by atoms with Gasteiger partial charge in [-0.2, -0.15) is 0 Å². The standard InChI is InChI=1S/C18H15NO4/c1-12-10-18(21)23-16-11-14(6-7-15(12)16)22-17(20)8-5-13-4-3-9-19(13)2/h3-11H,1-2H3/b8-5+. The van der Waals surface area contributed by atoms with Crippen LogP contribution in [0.2, 0.25) is 0 Å². The first kappa shape index (κ1) is 14.8. The average molecular weight is 309 g/mol. The van der Waals surface area contributed by atoms with Crippen LogP contribution in [0.1, 0.15) is 11.3 Å². The van der Waals surface area contributed by atoms with E-state index in [0.29, 0.717) is 11.3 Å². The number of esters is 1. The van der Waals surface area contributed by atoms with Crippen molar-refractivity contribution < 1.29 is 13.9 Å². The van der Waals surface area contributed by atoms with Crippen molar-refractivity contribution in [2.75, 3.05) is 0 Å². The normalized spacial score (nSPS) is 11.2. The number of hydrogen-bond donors (Lipinski definition) is 0. The molecule has 3 aromatic rings. The van der Waals surface area contributed by atoms with Crippen LogP contribution in [0.15, 0.2) is 57.9 Å². The number of hydrogen-bond acceptors (Lipinski definition) is 4. The summed E-state index contributed by atoms with van der Waals surface area (Å²) in [7, 11) is 1.89. The molecule has 0 saturated carbocycles. The summed E-state index contributed by atoms with van der Waals surface area (Å²) in [6, 6.07) is 10.2. The van der Waals surface area contributed by atoms with Gasteiger partial charge in [-0.3, -0.25) is 0 Å². The summed E-state index contributed by atoms with van der Waals surface area (Å²) < 4.78 is 12.3. The Morgan fingerprint density at radius 3 is 2.83 bits per heavy atom. The Bertz CT molecular complexity index is 963. The summed E-state index contributed by atoms with van der Waals surface area (Å²) in [6.07, 6.45) is 4.91. The lowest BCUT2D eigenvalue weighted by atomic mass is 10.1. The summed E-state index contributed by atoms with van der Waals surface area (Å²) in [6.45, 7) is 1.83. The summed E-state index contributed by atoms with van der Waals surface area (Å²) in [5, 5.41) is 0.809. The molecule has 116 valence electrons. The van der Waals surface area contributed by atoms with Crippen molar-refractivity contribution in [3.8, 4) is 5.75 Å². The Morgan fingerprint density at radius 2 is 2.09 bits per heavy atom. The van der Waals surface area contributed by atoms with E-state index in [2.05, 4.69) is 0 Å². The maximum atomic E-state index is 11.9. The highest BCUT2D eigenvalue weighted by Crippen LogP contribution is 2.22. The molecule has 2 heterocycles. The topological polar surface area (TPSA) is 61.4 Å². The van der Waals surface area contributed by atoms with E-state index >= 15 is 0 Å². The predicted molar refractivity (Wildman–Crippen MR) is 87.3 cm³/mol. The Balaban J connectivity index is 1.81. The fraction of sp³-hybridized carbons (Fsp3) is 0.111. The lowest BCUT2D eigenvalue weighted by molar-refractivity contribution is -0.128. The number of rotatable bonds is 3. The van der Waals surface area contributed by atoms with Gasteiger partial charge in [0.15, 0.2) is 0 Å². The second kappa shape index (κ2) is 5.96. The van der Waals surface area contributed by atoms with Gasteiger partial charge in [0, 0.05) is 42.5 Å². The van der Waals surface area contributed by atoms with E-state index in [4.69, 9.17) is 9.15 Å². The zero-order chi connectivity index (χ0) is 16.4. The van der Waals surface area contributed by atoms with Gasteiger partial charge < -0.3 is 13.7 Å². The molecule has 0 aliphatic rings. The molecule has 0 unspecified atom stereocenters. The van der Waals surface area contributed by atoms with Crippen LogP contribution < -0.4 is 10.4 Å². The van der Waals surface area contributed by atoms with Crippen molar-refractivity contribution in [1.29, 1.82) is 0 Å². The number of benzene rings is 1. The molecule has 2 aromatic heterocycles. The van der Waals surface area contributed by atoms with Crippen LogP contribution >= 0.6 is 0 Å². The maximum Gasteiger partial charge on any atom is 0.336 e. The Labute approximate surface area is 132 Å². The van der Waals surface area contributed by atoms with E-state index in [1.807, 2.05) is 36.9 Å². The molecule has 5 nitrogen and oxygen atoms in total. The van der Waals surface area contributed by atoms with Gasteiger partial charge in [-0.05, 0) is 42.8 Å². The molecular weight excluding hydrogens is 294 g/mol. The second-order valence-corrected chi connectivity index (χ2v) is 5.20. The first-order valence-corrected chi connectivity index (χ1v) is 7.09. The van der Waals surface area contributed by atoms with Crippen molar-refractivity contribution in [3.63, 3.8) is 0 Å². The summed E-state index contributed by atoms with van der Waals surface area (Å²) in [5.74, 6) is -0.173. The molecule has 23 heavy (non-hydrogen) atoms. The van der Waals surface area contributed by atoms with Crippen LogP contribution in [0, 0.1) is 6.92 Å². The largest absolute Gasteiger partial charge is 0.423 e. The maximum absolute atomic E-state index is 11.9. The fourth-order valence-electron chi connectivity index (χ4n) is 2.32. The van der Waals surface area contributed by atoms with E-state index in [9.17, 15) is 9.59 Å².